The molecule has 1 heterocycles. The van der Waals surface area contributed by atoms with Crippen molar-refractivity contribution >= 4 is 11.9 Å². The number of hydrogen-bond donors (Lipinski definition) is 1. The minimum atomic E-state index is -0.545. The van der Waals surface area contributed by atoms with Crippen LogP contribution in [0.1, 0.15) is 26.3 Å². The minimum absolute atomic E-state index is 0.130. The molecule has 6 nitrogen and oxygen atoms in total. The topological polar surface area (TPSA) is 81.2 Å². The van der Waals surface area contributed by atoms with Crippen LogP contribution in [0.5, 0.6) is 0 Å². The van der Waals surface area contributed by atoms with E-state index in [-0.39, 0.29) is 18.9 Å². The fraction of sp³-hybridized carbons (Fsp3) is 0.500. The van der Waals surface area contributed by atoms with E-state index in [1.807, 2.05) is 0 Å². The first kappa shape index (κ1) is 14.1. The molecule has 0 spiro atoms. The maximum Gasteiger partial charge on any atom is 0.325 e. The van der Waals surface area contributed by atoms with Crippen molar-refractivity contribution in [3.63, 3.8) is 0 Å². The third kappa shape index (κ3) is 5.93. The van der Waals surface area contributed by atoms with Crippen LogP contribution >= 0.6 is 0 Å². The predicted molar refractivity (Wildman–Crippen MR) is 64.6 cm³/mol. The third-order valence-corrected chi connectivity index (χ3v) is 1.86. The Morgan fingerprint density at radius 1 is 1.33 bits per heavy atom. The molecule has 0 aliphatic rings. The van der Waals surface area contributed by atoms with Gasteiger partial charge in [-0.15, -0.1) is 0 Å². The lowest BCUT2D eigenvalue weighted by atomic mass is 10.2. The first-order valence-corrected chi connectivity index (χ1v) is 5.61. The van der Waals surface area contributed by atoms with Gasteiger partial charge in [-0.1, -0.05) is 0 Å². The van der Waals surface area contributed by atoms with Crippen molar-refractivity contribution in [3.8, 4) is 0 Å². The average Bonchev–Trinajstić information content (AvgIpc) is 2.25. The quantitative estimate of drug-likeness (QED) is 0.787. The van der Waals surface area contributed by atoms with Crippen LogP contribution in [0.25, 0.3) is 0 Å². The number of amides is 1. The number of carbonyl (C=O) groups is 2. The molecule has 0 saturated carbocycles. The second-order valence-electron chi connectivity index (χ2n) is 4.79. The Hall–Kier alpha value is -1.98. The number of nitrogens with zero attached hydrogens (tertiary/aromatic N) is 2. The van der Waals surface area contributed by atoms with E-state index in [0.29, 0.717) is 0 Å². The van der Waals surface area contributed by atoms with Crippen LogP contribution in [0.4, 0.5) is 0 Å². The third-order valence-electron chi connectivity index (χ3n) is 1.86. The lowest BCUT2D eigenvalue weighted by molar-refractivity contribution is -0.154. The number of rotatable bonds is 4. The zero-order valence-corrected chi connectivity index (χ0v) is 10.8. The second kappa shape index (κ2) is 6.09. The molecule has 1 amide bonds. The Bertz CT molecular complexity index is 412. The van der Waals surface area contributed by atoms with Crippen LogP contribution < -0.4 is 5.32 Å². The molecule has 6 heteroatoms. The summed E-state index contributed by atoms with van der Waals surface area (Å²) in [4.78, 5) is 22.9. The van der Waals surface area contributed by atoms with Gasteiger partial charge in [0.2, 0.25) is 5.91 Å². The fourth-order valence-electron chi connectivity index (χ4n) is 1.22. The fourth-order valence-corrected chi connectivity index (χ4v) is 1.22. The van der Waals surface area contributed by atoms with Gasteiger partial charge >= 0.3 is 5.97 Å². The molecule has 18 heavy (non-hydrogen) atoms. The van der Waals surface area contributed by atoms with Crippen molar-refractivity contribution < 1.29 is 14.3 Å². The Kier molecular flexibility index (Phi) is 4.76. The van der Waals surface area contributed by atoms with Crippen molar-refractivity contribution in [2.45, 2.75) is 32.8 Å². The van der Waals surface area contributed by atoms with Gasteiger partial charge in [-0.3, -0.25) is 9.59 Å². The molecule has 1 aromatic heterocycles. The summed E-state index contributed by atoms with van der Waals surface area (Å²) >= 11 is 0. The summed E-state index contributed by atoms with van der Waals surface area (Å²) in [6.07, 6.45) is 3.18. The normalized spacial score (nSPS) is 10.8. The summed E-state index contributed by atoms with van der Waals surface area (Å²) in [6.45, 7) is 5.19. The number of ether oxygens (including phenoxy) is 1. The van der Waals surface area contributed by atoms with E-state index in [0.717, 1.165) is 5.56 Å². The van der Waals surface area contributed by atoms with Crippen molar-refractivity contribution in [1.29, 1.82) is 0 Å². The smallest absolute Gasteiger partial charge is 0.325 e. The molecule has 0 bridgehead atoms. The van der Waals surface area contributed by atoms with E-state index in [4.69, 9.17) is 4.74 Å². The van der Waals surface area contributed by atoms with Crippen LogP contribution in [0.15, 0.2) is 18.5 Å². The van der Waals surface area contributed by atoms with E-state index in [1.165, 1.54) is 12.4 Å². The van der Waals surface area contributed by atoms with Crippen LogP contribution in [0.3, 0.4) is 0 Å². The Balaban J connectivity index is 2.32. The van der Waals surface area contributed by atoms with Crippen molar-refractivity contribution in [2.24, 2.45) is 0 Å². The first-order valence-electron chi connectivity index (χ1n) is 5.61. The minimum Gasteiger partial charge on any atom is -0.459 e. The SMILES string of the molecule is CC(C)(C)OC(=O)CNC(=O)Cc1ccnnc1. The predicted octanol–water partition coefficient (Wildman–Crippen LogP) is 0.477. The van der Waals surface area contributed by atoms with E-state index in [9.17, 15) is 9.59 Å². The van der Waals surface area contributed by atoms with Gasteiger partial charge in [-0.25, -0.2) is 0 Å². The van der Waals surface area contributed by atoms with E-state index < -0.39 is 11.6 Å². The molecule has 1 N–H and O–H groups in total. The molecule has 0 atom stereocenters. The van der Waals surface area contributed by atoms with Gasteiger partial charge in [-0.2, -0.15) is 10.2 Å². The van der Waals surface area contributed by atoms with Crippen molar-refractivity contribution in [1.82, 2.24) is 15.5 Å². The number of esters is 1. The van der Waals surface area contributed by atoms with E-state index in [1.54, 1.807) is 26.8 Å². The van der Waals surface area contributed by atoms with Gasteiger partial charge in [0, 0.05) is 6.20 Å². The largest absolute Gasteiger partial charge is 0.459 e. The molecule has 0 saturated heterocycles. The molecule has 0 fully saturated rings. The zero-order valence-electron chi connectivity index (χ0n) is 10.8. The molecule has 98 valence electrons. The first-order chi connectivity index (χ1) is 8.37. The van der Waals surface area contributed by atoms with Crippen LogP contribution in [-0.4, -0.2) is 34.2 Å². The summed E-state index contributed by atoms with van der Waals surface area (Å²) in [5.74, 6) is -0.711. The molecule has 1 aromatic rings. The number of carbonyl (C=O) groups excluding carboxylic acids is 2. The Labute approximate surface area is 106 Å². The number of hydrogen-bond acceptors (Lipinski definition) is 5. The highest BCUT2D eigenvalue weighted by Crippen LogP contribution is 2.06. The molecular formula is C12H17N3O3. The number of nitrogens with one attached hydrogen (secondary N) is 1. The van der Waals surface area contributed by atoms with E-state index >= 15 is 0 Å². The van der Waals surface area contributed by atoms with Gasteiger partial charge < -0.3 is 10.1 Å². The Morgan fingerprint density at radius 2 is 2.06 bits per heavy atom. The molecular weight excluding hydrogens is 234 g/mol. The highest BCUT2D eigenvalue weighted by molar-refractivity contribution is 5.83. The monoisotopic (exact) mass is 251 g/mol. The summed E-state index contributed by atoms with van der Waals surface area (Å²) in [7, 11) is 0. The van der Waals surface area contributed by atoms with Crippen LogP contribution in [-0.2, 0) is 20.7 Å². The van der Waals surface area contributed by atoms with Crippen molar-refractivity contribution in [2.75, 3.05) is 6.54 Å². The summed E-state index contributed by atoms with van der Waals surface area (Å²) in [5, 5.41) is 9.76. The van der Waals surface area contributed by atoms with Gasteiger partial charge in [0.25, 0.3) is 0 Å². The maximum absolute atomic E-state index is 11.5. The molecule has 0 aromatic carbocycles. The zero-order chi connectivity index (χ0) is 13.6. The average molecular weight is 251 g/mol. The lowest BCUT2D eigenvalue weighted by Gasteiger charge is -2.19. The second-order valence-corrected chi connectivity index (χ2v) is 4.79. The summed E-state index contributed by atoms with van der Waals surface area (Å²) in [5.41, 5.74) is 0.197. The molecule has 1 rings (SSSR count). The maximum atomic E-state index is 11.5. The van der Waals surface area contributed by atoms with Crippen LogP contribution in [0.2, 0.25) is 0 Å². The van der Waals surface area contributed by atoms with Gasteiger partial charge in [0.15, 0.2) is 0 Å². The molecule has 0 radical (unpaired) electrons. The highest BCUT2D eigenvalue weighted by atomic mass is 16.6. The van der Waals surface area contributed by atoms with Crippen LogP contribution in [0, 0.1) is 0 Å². The summed E-state index contributed by atoms with van der Waals surface area (Å²) < 4.78 is 5.06. The number of aromatic nitrogens is 2. The van der Waals surface area contributed by atoms with E-state index in [2.05, 4.69) is 15.5 Å². The van der Waals surface area contributed by atoms with Gasteiger partial charge in [0.1, 0.15) is 12.1 Å². The van der Waals surface area contributed by atoms with Crippen molar-refractivity contribution in [3.05, 3.63) is 24.0 Å². The molecule has 0 aliphatic heterocycles. The van der Waals surface area contributed by atoms with Gasteiger partial charge in [0.05, 0.1) is 12.6 Å². The lowest BCUT2D eigenvalue weighted by Crippen LogP contribution is -2.35. The molecule has 0 unspecified atom stereocenters. The van der Waals surface area contributed by atoms with Gasteiger partial charge in [-0.05, 0) is 32.4 Å². The summed E-state index contributed by atoms with van der Waals surface area (Å²) in [6, 6.07) is 1.69. The highest BCUT2D eigenvalue weighted by Gasteiger charge is 2.16. The molecule has 0 aliphatic carbocycles. The Morgan fingerprint density at radius 3 is 2.61 bits per heavy atom. The standard InChI is InChI=1S/C12H17N3O3/c1-12(2,3)18-11(17)8-13-10(16)6-9-4-5-14-15-7-9/h4-5,7H,6,8H2,1-3H3,(H,13,16).